The van der Waals surface area contributed by atoms with E-state index in [1.54, 1.807) is 18.2 Å². The van der Waals surface area contributed by atoms with E-state index >= 15 is 0 Å². The summed E-state index contributed by atoms with van der Waals surface area (Å²) < 4.78 is 0. The maximum atomic E-state index is 10.0. The predicted molar refractivity (Wildman–Crippen MR) is 60.1 cm³/mol. The van der Waals surface area contributed by atoms with Crippen LogP contribution < -0.4 is 0 Å². The van der Waals surface area contributed by atoms with E-state index in [1.807, 2.05) is 19.1 Å². The lowest BCUT2D eigenvalue weighted by Gasteiger charge is -2.03. The van der Waals surface area contributed by atoms with Gasteiger partial charge in [0.15, 0.2) is 0 Å². The average molecular weight is 216 g/mol. The molecule has 0 spiro atoms. The molecule has 0 heterocycles. The average Bonchev–Trinajstić information content (AvgIpc) is 2.29. The zero-order valence-corrected chi connectivity index (χ0v) is 9.01. The molecule has 0 amide bonds. The predicted octanol–water partition coefficient (Wildman–Crippen LogP) is 2.31. The van der Waals surface area contributed by atoms with Gasteiger partial charge in [0.25, 0.3) is 0 Å². The van der Waals surface area contributed by atoms with Gasteiger partial charge in [0.1, 0.15) is 0 Å². The van der Waals surface area contributed by atoms with Gasteiger partial charge < -0.3 is 0 Å². The van der Waals surface area contributed by atoms with E-state index in [-0.39, 0.29) is 6.04 Å². The Hall–Kier alpha value is -2.02. The van der Waals surface area contributed by atoms with Crippen LogP contribution in [0.15, 0.2) is 34.3 Å². The van der Waals surface area contributed by atoms with Crippen LogP contribution in [0.5, 0.6) is 0 Å². The number of carbonyl (C=O) groups excluding carboxylic acids is 2. The molecule has 16 heavy (non-hydrogen) atoms. The fraction of sp³-hybridized carbons (Fsp3) is 0.333. The Balaban J connectivity index is 2.55. The summed E-state index contributed by atoms with van der Waals surface area (Å²) in [5.74, 6) is 0. The highest BCUT2D eigenvalue weighted by molar-refractivity contribution is 5.49. The number of isocyanates is 2. The lowest BCUT2D eigenvalue weighted by atomic mass is 10.1. The van der Waals surface area contributed by atoms with E-state index < -0.39 is 0 Å². The van der Waals surface area contributed by atoms with Gasteiger partial charge in [0, 0.05) is 0 Å². The molecule has 4 nitrogen and oxygen atoms in total. The summed E-state index contributed by atoms with van der Waals surface area (Å²) in [5, 5.41) is 0. The van der Waals surface area contributed by atoms with Crippen molar-refractivity contribution in [3.05, 3.63) is 29.8 Å². The van der Waals surface area contributed by atoms with Gasteiger partial charge in [-0.15, -0.1) is 0 Å². The van der Waals surface area contributed by atoms with Crippen molar-refractivity contribution in [1.82, 2.24) is 0 Å². The molecule has 1 aromatic rings. The van der Waals surface area contributed by atoms with E-state index in [4.69, 9.17) is 0 Å². The molecule has 1 aromatic carbocycles. The zero-order valence-electron chi connectivity index (χ0n) is 9.01. The fourth-order valence-corrected chi connectivity index (χ4v) is 1.32. The van der Waals surface area contributed by atoms with Crippen LogP contribution >= 0.6 is 0 Å². The van der Waals surface area contributed by atoms with E-state index in [0.29, 0.717) is 5.69 Å². The highest BCUT2D eigenvalue weighted by atomic mass is 16.1. The van der Waals surface area contributed by atoms with Gasteiger partial charge in [-0.1, -0.05) is 12.1 Å². The third kappa shape index (κ3) is 4.01. The number of hydrogen-bond acceptors (Lipinski definition) is 4. The molecule has 0 aliphatic rings. The largest absolute Gasteiger partial charge is 0.240 e. The quantitative estimate of drug-likeness (QED) is 0.560. The van der Waals surface area contributed by atoms with Gasteiger partial charge in [-0.2, -0.15) is 4.99 Å². The summed E-state index contributed by atoms with van der Waals surface area (Å²) in [6, 6.07) is 7.30. The van der Waals surface area contributed by atoms with Gasteiger partial charge in [-0.05, 0) is 37.5 Å². The van der Waals surface area contributed by atoms with E-state index in [0.717, 1.165) is 18.4 Å². The highest BCUT2D eigenvalue weighted by Crippen LogP contribution is 2.14. The van der Waals surface area contributed by atoms with Crippen LogP contribution in [-0.4, -0.2) is 18.2 Å². The van der Waals surface area contributed by atoms with Gasteiger partial charge in [0.2, 0.25) is 12.2 Å². The molecule has 1 rings (SSSR count). The van der Waals surface area contributed by atoms with Crippen molar-refractivity contribution in [1.29, 1.82) is 0 Å². The fourth-order valence-electron chi connectivity index (χ4n) is 1.32. The molecule has 82 valence electrons. The Morgan fingerprint density at radius 1 is 1.19 bits per heavy atom. The molecule has 1 unspecified atom stereocenters. The van der Waals surface area contributed by atoms with E-state index in [1.165, 1.54) is 6.08 Å². The highest BCUT2D eigenvalue weighted by Gasteiger charge is 2.00. The van der Waals surface area contributed by atoms with E-state index in [2.05, 4.69) is 9.98 Å². The Kier molecular flexibility index (Phi) is 4.87. The van der Waals surface area contributed by atoms with Crippen LogP contribution in [0.1, 0.15) is 18.9 Å². The minimum atomic E-state index is -0.00910. The molecule has 0 fully saturated rings. The maximum Gasteiger partial charge on any atom is 0.240 e. The number of hydrogen-bond donors (Lipinski definition) is 0. The molecule has 4 heteroatoms. The van der Waals surface area contributed by atoms with Crippen LogP contribution in [0.3, 0.4) is 0 Å². The van der Waals surface area contributed by atoms with Gasteiger partial charge in [0.05, 0.1) is 11.7 Å². The molecule has 0 aliphatic carbocycles. The molecule has 1 atom stereocenters. The number of aryl methyl sites for hydroxylation is 1. The number of aliphatic imine (C=N–C) groups is 2. The zero-order chi connectivity index (χ0) is 11.8. The van der Waals surface area contributed by atoms with E-state index in [9.17, 15) is 9.59 Å². The standard InChI is InChI=1S/C12H12N2O2/c1-10(13-8-15)2-3-11-4-6-12(7-5-11)14-9-16/h4-7,10H,2-3H2,1H3. The topological polar surface area (TPSA) is 58.9 Å². The first kappa shape index (κ1) is 12.1. The lowest BCUT2D eigenvalue weighted by molar-refractivity contribution is 0.555. The van der Waals surface area contributed by atoms with Crippen LogP contribution in [0.2, 0.25) is 0 Å². The minimum Gasteiger partial charge on any atom is -0.211 e. The first-order valence-corrected chi connectivity index (χ1v) is 5.00. The molecule has 0 saturated heterocycles. The van der Waals surface area contributed by atoms with Crippen molar-refractivity contribution in [2.45, 2.75) is 25.8 Å². The maximum absolute atomic E-state index is 10.0. The van der Waals surface area contributed by atoms with Crippen molar-refractivity contribution in [2.24, 2.45) is 9.98 Å². The number of benzene rings is 1. The van der Waals surface area contributed by atoms with Gasteiger partial charge in [-0.3, -0.25) is 0 Å². The van der Waals surface area contributed by atoms with Crippen molar-refractivity contribution >= 4 is 17.8 Å². The van der Waals surface area contributed by atoms with Crippen LogP contribution in [-0.2, 0) is 16.0 Å². The van der Waals surface area contributed by atoms with Crippen LogP contribution in [0.4, 0.5) is 5.69 Å². The SMILES string of the molecule is CC(CCc1ccc(N=C=O)cc1)N=C=O. The second-order valence-corrected chi connectivity index (χ2v) is 3.48. The summed E-state index contributed by atoms with van der Waals surface area (Å²) in [4.78, 5) is 27.1. The molecule has 0 N–H and O–H groups in total. The molecular weight excluding hydrogens is 204 g/mol. The molecule has 0 aromatic heterocycles. The molecular formula is C12H12N2O2. The monoisotopic (exact) mass is 216 g/mol. The Bertz CT molecular complexity index is 427. The van der Waals surface area contributed by atoms with Crippen molar-refractivity contribution in [2.75, 3.05) is 0 Å². The second-order valence-electron chi connectivity index (χ2n) is 3.48. The molecule has 0 bridgehead atoms. The van der Waals surface area contributed by atoms with Crippen LogP contribution in [0.25, 0.3) is 0 Å². The van der Waals surface area contributed by atoms with Crippen molar-refractivity contribution < 1.29 is 9.59 Å². The molecule has 0 radical (unpaired) electrons. The first-order valence-electron chi connectivity index (χ1n) is 5.00. The van der Waals surface area contributed by atoms with Crippen LogP contribution in [0, 0.1) is 0 Å². The van der Waals surface area contributed by atoms with Gasteiger partial charge >= 0.3 is 0 Å². The smallest absolute Gasteiger partial charge is 0.211 e. The summed E-state index contributed by atoms with van der Waals surface area (Å²) in [5.41, 5.74) is 1.72. The molecule has 0 saturated carbocycles. The second kappa shape index (κ2) is 6.46. The Labute approximate surface area is 93.7 Å². The van der Waals surface area contributed by atoms with Crippen molar-refractivity contribution in [3.63, 3.8) is 0 Å². The van der Waals surface area contributed by atoms with Gasteiger partial charge in [-0.25, -0.2) is 14.6 Å². The lowest BCUT2D eigenvalue weighted by Crippen LogP contribution is -1.99. The Morgan fingerprint density at radius 2 is 1.88 bits per heavy atom. The first-order chi connectivity index (χ1) is 7.76. The normalized spacial score (nSPS) is 11.1. The number of nitrogens with zero attached hydrogens (tertiary/aromatic N) is 2. The minimum absolute atomic E-state index is 0.00910. The third-order valence-corrected chi connectivity index (χ3v) is 2.23. The Morgan fingerprint density at radius 3 is 2.44 bits per heavy atom. The summed E-state index contributed by atoms with van der Waals surface area (Å²) in [6.07, 6.45) is 4.66. The summed E-state index contributed by atoms with van der Waals surface area (Å²) in [6.45, 7) is 1.87. The summed E-state index contributed by atoms with van der Waals surface area (Å²) >= 11 is 0. The third-order valence-electron chi connectivity index (χ3n) is 2.23. The summed E-state index contributed by atoms with van der Waals surface area (Å²) in [7, 11) is 0. The number of rotatable bonds is 5. The van der Waals surface area contributed by atoms with Crippen molar-refractivity contribution in [3.8, 4) is 0 Å². The molecule has 0 aliphatic heterocycles.